The van der Waals surface area contributed by atoms with Crippen LogP contribution >= 0.6 is 0 Å². The van der Waals surface area contributed by atoms with Gasteiger partial charge in [-0.1, -0.05) is 12.5 Å². The molecule has 0 aromatic carbocycles. The molecular formula is C11H27NO6SSi. The van der Waals surface area contributed by atoms with Gasteiger partial charge in [-0.15, -0.1) is 0 Å². The van der Waals surface area contributed by atoms with E-state index in [1.807, 2.05) is 0 Å². The molecule has 0 rings (SSSR count). The standard InChI is InChI=1S/C11H27NO6SSi/c1-12(2)10(7-6-8-20,19(13,14)15)11(17-4,18-5)9-16-3/h6-9H2,1-5,20H3,(H,13,14,15). The quantitative estimate of drug-likeness (QED) is 0.323. The van der Waals surface area contributed by atoms with Crippen LogP contribution in [0.1, 0.15) is 12.8 Å². The van der Waals surface area contributed by atoms with Gasteiger partial charge in [-0.3, -0.25) is 9.45 Å². The summed E-state index contributed by atoms with van der Waals surface area (Å²) in [6.07, 6.45) is 0.829. The third kappa shape index (κ3) is 3.41. The molecule has 122 valence electrons. The van der Waals surface area contributed by atoms with Crippen molar-refractivity contribution in [2.24, 2.45) is 0 Å². The SMILES string of the molecule is COCC(OC)(OC)C(CCC[SiH3])(N(C)C)S(=O)(=O)O. The average Bonchev–Trinajstić information content (AvgIpc) is 2.36. The van der Waals surface area contributed by atoms with Crippen LogP contribution in [-0.2, 0) is 24.3 Å². The molecule has 0 saturated heterocycles. The Bertz CT molecular complexity index is 384. The summed E-state index contributed by atoms with van der Waals surface area (Å²) < 4.78 is 50.0. The Kier molecular flexibility index (Phi) is 7.82. The highest BCUT2D eigenvalue weighted by molar-refractivity contribution is 7.87. The Morgan fingerprint density at radius 2 is 1.70 bits per heavy atom. The highest BCUT2D eigenvalue weighted by Crippen LogP contribution is 2.40. The van der Waals surface area contributed by atoms with Gasteiger partial charge in [0.2, 0.25) is 10.7 Å². The Morgan fingerprint density at radius 1 is 1.20 bits per heavy atom. The van der Waals surface area contributed by atoms with Gasteiger partial charge >= 0.3 is 0 Å². The Labute approximate surface area is 124 Å². The first kappa shape index (κ1) is 20.0. The summed E-state index contributed by atoms with van der Waals surface area (Å²) in [5, 5.41) is 0. The molecule has 0 amide bonds. The van der Waals surface area contributed by atoms with E-state index in [0.29, 0.717) is 6.42 Å². The molecule has 0 aliphatic heterocycles. The highest BCUT2D eigenvalue weighted by atomic mass is 32.2. The second-order valence-electron chi connectivity index (χ2n) is 4.85. The number of likely N-dealkylation sites (N-methyl/N-ethyl adjacent to an activating group) is 1. The van der Waals surface area contributed by atoms with Crippen molar-refractivity contribution in [1.82, 2.24) is 4.90 Å². The molecule has 0 radical (unpaired) electrons. The van der Waals surface area contributed by atoms with Crippen molar-refractivity contribution in [3.8, 4) is 0 Å². The van der Waals surface area contributed by atoms with E-state index in [9.17, 15) is 13.0 Å². The lowest BCUT2D eigenvalue weighted by molar-refractivity contribution is -0.274. The van der Waals surface area contributed by atoms with Gasteiger partial charge in [0.15, 0.2) is 0 Å². The van der Waals surface area contributed by atoms with Crippen molar-refractivity contribution in [3.05, 3.63) is 0 Å². The third-order valence-corrected chi connectivity index (χ3v) is 6.05. The van der Waals surface area contributed by atoms with Crippen molar-refractivity contribution in [1.29, 1.82) is 0 Å². The van der Waals surface area contributed by atoms with E-state index < -0.39 is 20.8 Å². The zero-order chi connectivity index (χ0) is 16.0. The molecule has 0 spiro atoms. The molecule has 7 nitrogen and oxygen atoms in total. The van der Waals surface area contributed by atoms with Gasteiger partial charge in [-0.2, -0.15) is 8.42 Å². The number of hydrogen-bond donors (Lipinski definition) is 1. The topological polar surface area (TPSA) is 85.3 Å². The van der Waals surface area contributed by atoms with Crippen LogP contribution in [0.25, 0.3) is 0 Å². The summed E-state index contributed by atoms with van der Waals surface area (Å²) in [4.78, 5) is -0.310. The van der Waals surface area contributed by atoms with Crippen LogP contribution in [0.4, 0.5) is 0 Å². The van der Waals surface area contributed by atoms with Crippen LogP contribution in [0.15, 0.2) is 0 Å². The lowest BCUT2D eigenvalue weighted by Gasteiger charge is -2.49. The first-order chi connectivity index (χ1) is 9.19. The van der Waals surface area contributed by atoms with Crippen molar-refractivity contribution in [2.75, 3.05) is 42.0 Å². The summed E-state index contributed by atoms with van der Waals surface area (Å²) in [5.41, 5.74) is 0. The first-order valence-electron chi connectivity index (χ1n) is 6.42. The average molecular weight is 329 g/mol. The molecule has 1 unspecified atom stereocenters. The van der Waals surface area contributed by atoms with Gasteiger partial charge in [0.05, 0.1) is 0 Å². The van der Waals surface area contributed by atoms with Crippen molar-refractivity contribution in [2.45, 2.75) is 29.5 Å². The second kappa shape index (κ2) is 7.83. The highest BCUT2D eigenvalue weighted by Gasteiger charge is 2.63. The van der Waals surface area contributed by atoms with E-state index in [4.69, 9.17) is 14.2 Å². The summed E-state index contributed by atoms with van der Waals surface area (Å²) in [5.74, 6) is -1.62. The van der Waals surface area contributed by atoms with Crippen LogP contribution < -0.4 is 0 Å². The number of ether oxygens (including phenoxy) is 3. The molecule has 0 bridgehead atoms. The van der Waals surface area contributed by atoms with E-state index in [-0.39, 0.29) is 13.0 Å². The van der Waals surface area contributed by atoms with Gasteiger partial charge in [0.25, 0.3) is 10.1 Å². The van der Waals surface area contributed by atoms with Crippen molar-refractivity contribution >= 4 is 20.4 Å². The molecule has 0 aromatic rings. The maximum absolute atomic E-state index is 12.1. The minimum absolute atomic E-state index is 0.126. The molecule has 0 saturated carbocycles. The van der Waals surface area contributed by atoms with Crippen LogP contribution in [0.5, 0.6) is 0 Å². The lowest BCUT2D eigenvalue weighted by Crippen LogP contribution is -2.69. The Balaban J connectivity index is 6.17. The molecule has 1 N–H and O–H groups in total. The lowest BCUT2D eigenvalue weighted by atomic mass is 10.00. The van der Waals surface area contributed by atoms with Crippen LogP contribution in [0.2, 0.25) is 6.04 Å². The largest absolute Gasteiger partial charge is 0.379 e. The van der Waals surface area contributed by atoms with E-state index >= 15 is 0 Å². The molecule has 9 heteroatoms. The first-order valence-corrected chi connectivity index (χ1v) is 9.28. The molecule has 0 aliphatic rings. The van der Waals surface area contributed by atoms with Gasteiger partial charge in [-0.05, 0) is 20.5 Å². The fourth-order valence-electron chi connectivity index (χ4n) is 2.55. The van der Waals surface area contributed by atoms with E-state index in [1.54, 1.807) is 14.1 Å². The predicted octanol–water partition coefficient (Wildman–Crippen LogP) is -0.668. The van der Waals surface area contributed by atoms with E-state index in [2.05, 4.69) is 0 Å². The fraction of sp³-hybridized carbons (Fsp3) is 1.00. The minimum Gasteiger partial charge on any atom is -0.379 e. The Hall–Kier alpha value is -0.0331. The number of rotatable bonds is 10. The molecule has 0 aromatic heterocycles. The van der Waals surface area contributed by atoms with Crippen LogP contribution in [0.3, 0.4) is 0 Å². The van der Waals surface area contributed by atoms with E-state index in [1.165, 1.54) is 26.2 Å². The smallest absolute Gasteiger partial charge is 0.289 e. The van der Waals surface area contributed by atoms with Gasteiger partial charge in [0.1, 0.15) is 6.61 Å². The summed E-state index contributed by atoms with van der Waals surface area (Å²) in [7, 11) is 3.70. The van der Waals surface area contributed by atoms with E-state index in [0.717, 1.165) is 16.3 Å². The third-order valence-electron chi connectivity index (χ3n) is 3.61. The van der Waals surface area contributed by atoms with Gasteiger partial charge in [0, 0.05) is 31.6 Å². The monoisotopic (exact) mass is 329 g/mol. The Morgan fingerprint density at radius 3 is 1.95 bits per heavy atom. The number of nitrogens with zero attached hydrogens (tertiary/aromatic N) is 1. The molecule has 0 fully saturated rings. The molecule has 20 heavy (non-hydrogen) atoms. The summed E-state index contributed by atoms with van der Waals surface area (Å²) >= 11 is 0. The van der Waals surface area contributed by atoms with Crippen LogP contribution in [0, 0.1) is 0 Å². The zero-order valence-corrected chi connectivity index (χ0v) is 16.0. The maximum Gasteiger partial charge on any atom is 0.289 e. The summed E-state index contributed by atoms with van der Waals surface area (Å²) in [6.45, 7) is -0.126. The number of methoxy groups -OCH3 is 3. The van der Waals surface area contributed by atoms with Crippen molar-refractivity contribution in [3.63, 3.8) is 0 Å². The minimum atomic E-state index is -4.49. The molecular weight excluding hydrogens is 302 g/mol. The summed E-state index contributed by atoms with van der Waals surface area (Å²) in [6, 6.07) is 0.904. The van der Waals surface area contributed by atoms with Crippen molar-refractivity contribution < 1.29 is 27.2 Å². The maximum atomic E-state index is 12.1. The van der Waals surface area contributed by atoms with Crippen LogP contribution in [-0.4, -0.2) is 80.8 Å². The fourth-order valence-corrected chi connectivity index (χ4v) is 4.39. The molecule has 1 atom stereocenters. The zero-order valence-electron chi connectivity index (χ0n) is 13.2. The van der Waals surface area contributed by atoms with Gasteiger partial charge < -0.3 is 14.2 Å². The molecule has 0 aliphatic carbocycles. The van der Waals surface area contributed by atoms with Gasteiger partial charge in [-0.25, -0.2) is 0 Å². The normalized spacial score (nSPS) is 16.6. The predicted molar refractivity (Wildman–Crippen MR) is 80.6 cm³/mol. The molecule has 0 heterocycles. The second-order valence-corrected chi connectivity index (χ2v) is 7.48. The number of hydrogen-bond acceptors (Lipinski definition) is 6.